The van der Waals surface area contributed by atoms with Gasteiger partial charge in [0, 0.05) is 17.1 Å². The third kappa shape index (κ3) is 2.14. The van der Waals surface area contributed by atoms with Gasteiger partial charge in [-0.1, -0.05) is 29.8 Å². The monoisotopic (exact) mass is 253 g/mol. The molecule has 0 aliphatic heterocycles. The van der Waals surface area contributed by atoms with E-state index in [0.29, 0.717) is 5.02 Å². The zero-order chi connectivity index (χ0) is 12.6. The first-order valence-electron chi connectivity index (χ1n) is 5.11. The third-order valence-corrected chi connectivity index (χ3v) is 2.98. The smallest absolute Gasteiger partial charge is 0.337 e. The first-order chi connectivity index (χ1) is 7.92. The highest BCUT2D eigenvalue weighted by molar-refractivity contribution is 6.35. The average molecular weight is 254 g/mol. The second-order valence-corrected chi connectivity index (χ2v) is 4.61. The lowest BCUT2D eigenvalue weighted by Gasteiger charge is -2.19. The number of carboxylic acids is 1. The minimum atomic E-state index is -1.81. The van der Waals surface area contributed by atoms with Crippen LogP contribution in [0.1, 0.15) is 6.92 Å². The standard InChI is InChI=1S/C12H12ClNO3/c1-12(17,11(15)16)7-14-6-9(13)8-4-2-3-5-10(8)14/h2-6,17H,7H2,1H3,(H,15,16). The number of hydrogen-bond acceptors (Lipinski definition) is 2. The number of para-hydroxylation sites is 1. The summed E-state index contributed by atoms with van der Waals surface area (Å²) in [7, 11) is 0. The van der Waals surface area contributed by atoms with Gasteiger partial charge in [-0.05, 0) is 13.0 Å². The molecule has 1 aromatic carbocycles. The predicted octanol–water partition coefficient (Wildman–Crippen LogP) is 2.13. The molecule has 1 heterocycles. The van der Waals surface area contributed by atoms with E-state index in [-0.39, 0.29) is 6.54 Å². The number of carboxylic acid groups (broad SMARTS) is 1. The summed E-state index contributed by atoms with van der Waals surface area (Å²) in [4.78, 5) is 10.9. The molecule has 0 aliphatic carbocycles. The highest BCUT2D eigenvalue weighted by Crippen LogP contribution is 2.26. The van der Waals surface area contributed by atoms with Crippen LogP contribution in [-0.4, -0.2) is 26.4 Å². The van der Waals surface area contributed by atoms with Crippen molar-refractivity contribution in [3.05, 3.63) is 35.5 Å². The van der Waals surface area contributed by atoms with Crippen LogP contribution in [0.15, 0.2) is 30.5 Å². The van der Waals surface area contributed by atoms with Crippen molar-refractivity contribution in [1.82, 2.24) is 4.57 Å². The SMILES string of the molecule is CC(O)(Cn1cc(Cl)c2ccccc21)C(=O)O. The van der Waals surface area contributed by atoms with Crippen LogP contribution in [0.5, 0.6) is 0 Å². The second-order valence-electron chi connectivity index (χ2n) is 4.20. The molecule has 0 fully saturated rings. The number of nitrogens with zero attached hydrogens (tertiary/aromatic N) is 1. The lowest BCUT2D eigenvalue weighted by Crippen LogP contribution is -2.39. The van der Waals surface area contributed by atoms with E-state index in [1.54, 1.807) is 10.8 Å². The fourth-order valence-electron chi connectivity index (χ4n) is 1.73. The van der Waals surface area contributed by atoms with Crippen LogP contribution in [0.4, 0.5) is 0 Å². The Labute approximate surface area is 103 Å². The molecule has 4 nitrogen and oxygen atoms in total. The Morgan fingerprint density at radius 2 is 2.12 bits per heavy atom. The molecule has 0 bridgehead atoms. The van der Waals surface area contributed by atoms with Crippen LogP contribution in [0.25, 0.3) is 10.9 Å². The number of aromatic nitrogens is 1. The minimum Gasteiger partial charge on any atom is -0.479 e. The van der Waals surface area contributed by atoms with Gasteiger partial charge in [0.25, 0.3) is 0 Å². The van der Waals surface area contributed by atoms with E-state index in [9.17, 15) is 9.90 Å². The number of rotatable bonds is 3. The highest BCUT2D eigenvalue weighted by Gasteiger charge is 2.30. The molecule has 17 heavy (non-hydrogen) atoms. The normalized spacial score (nSPS) is 14.8. The van der Waals surface area contributed by atoms with Crippen LogP contribution < -0.4 is 0 Å². The van der Waals surface area contributed by atoms with E-state index in [4.69, 9.17) is 16.7 Å². The van der Waals surface area contributed by atoms with Crippen LogP contribution >= 0.6 is 11.6 Å². The van der Waals surface area contributed by atoms with Crippen molar-refractivity contribution in [2.24, 2.45) is 0 Å². The van der Waals surface area contributed by atoms with Gasteiger partial charge in [-0.3, -0.25) is 0 Å². The molecular formula is C12H12ClNO3. The molecular weight excluding hydrogens is 242 g/mol. The Morgan fingerprint density at radius 1 is 1.47 bits per heavy atom. The Bertz CT molecular complexity index is 574. The number of fused-ring (bicyclic) bond motifs is 1. The first kappa shape index (κ1) is 12.0. The number of aliphatic carboxylic acids is 1. The largest absolute Gasteiger partial charge is 0.479 e. The third-order valence-electron chi connectivity index (χ3n) is 2.68. The molecule has 0 aliphatic rings. The summed E-state index contributed by atoms with van der Waals surface area (Å²) in [6, 6.07) is 7.38. The van der Waals surface area contributed by atoms with Crippen molar-refractivity contribution in [1.29, 1.82) is 0 Å². The fraction of sp³-hybridized carbons (Fsp3) is 0.250. The molecule has 2 N–H and O–H groups in total. The van der Waals surface area contributed by atoms with E-state index in [0.717, 1.165) is 10.9 Å². The highest BCUT2D eigenvalue weighted by atomic mass is 35.5. The van der Waals surface area contributed by atoms with Gasteiger partial charge in [0.05, 0.1) is 11.6 Å². The van der Waals surface area contributed by atoms with E-state index >= 15 is 0 Å². The summed E-state index contributed by atoms with van der Waals surface area (Å²) < 4.78 is 1.64. The topological polar surface area (TPSA) is 62.5 Å². The number of halogens is 1. The Balaban J connectivity index is 2.47. The summed E-state index contributed by atoms with van der Waals surface area (Å²) in [5, 5.41) is 20.0. The van der Waals surface area contributed by atoms with Gasteiger partial charge < -0.3 is 14.8 Å². The summed E-state index contributed by atoms with van der Waals surface area (Å²) in [6.07, 6.45) is 1.63. The predicted molar refractivity (Wildman–Crippen MR) is 65.2 cm³/mol. The maximum absolute atomic E-state index is 10.9. The number of aliphatic hydroxyl groups is 1. The molecule has 90 valence electrons. The van der Waals surface area contributed by atoms with Crippen LogP contribution in [0.3, 0.4) is 0 Å². The van der Waals surface area contributed by atoms with Gasteiger partial charge >= 0.3 is 5.97 Å². The molecule has 0 saturated heterocycles. The second kappa shape index (κ2) is 4.05. The van der Waals surface area contributed by atoms with Crippen molar-refractivity contribution in [2.45, 2.75) is 19.1 Å². The molecule has 2 aromatic rings. The van der Waals surface area contributed by atoms with E-state index in [1.165, 1.54) is 6.92 Å². The average Bonchev–Trinajstić information content (AvgIpc) is 2.56. The van der Waals surface area contributed by atoms with Crippen molar-refractivity contribution >= 4 is 28.5 Å². The first-order valence-corrected chi connectivity index (χ1v) is 5.49. The molecule has 0 saturated carbocycles. The minimum absolute atomic E-state index is 0.0461. The molecule has 1 atom stereocenters. The van der Waals surface area contributed by atoms with Gasteiger partial charge in [-0.25, -0.2) is 4.79 Å². The summed E-state index contributed by atoms with van der Waals surface area (Å²) in [5.74, 6) is -1.26. The van der Waals surface area contributed by atoms with Gasteiger partial charge in [-0.15, -0.1) is 0 Å². The summed E-state index contributed by atoms with van der Waals surface area (Å²) in [5.41, 5.74) is -1.01. The van der Waals surface area contributed by atoms with Crippen molar-refractivity contribution in [2.75, 3.05) is 0 Å². The van der Waals surface area contributed by atoms with E-state index < -0.39 is 11.6 Å². The molecule has 0 spiro atoms. The van der Waals surface area contributed by atoms with E-state index in [1.807, 2.05) is 24.3 Å². The van der Waals surface area contributed by atoms with E-state index in [2.05, 4.69) is 0 Å². The Morgan fingerprint density at radius 3 is 2.76 bits per heavy atom. The van der Waals surface area contributed by atoms with Gasteiger partial charge in [0.15, 0.2) is 5.60 Å². The van der Waals surface area contributed by atoms with Gasteiger partial charge in [0.1, 0.15) is 0 Å². The fourth-order valence-corrected chi connectivity index (χ4v) is 2.01. The maximum Gasteiger partial charge on any atom is 0.337 e. The lowest BCUT2D eigenvalue weighted by atomic mass is 10.1. The van der Waals surface area contributed by atoms with Crippen molar-refractivity contribution < 1.29 is 15.0 Å². The zero-order valence-corrected chi connectivity index (χ0v) is 9.98. The van der Waals surface area contributed by atoms with Gasteiger partial charge in [-0.2, -0.15) is 0 Å². The Hall–Kier alpha value is -1.52. The lowest BCUT2D eigenvalue weighted by molar-refractivity contribution is -0.157. The van der Waals surface area contributed by atoms with Crippen molar-refractivity contribution in [3.63, 3.8) is 0 Å². The molecule has 0 amide bonds. The van der Waals surface area contributed by atoms with Crippen LogP contribution in [0.2, 0.25) is 5.02 Å². The number of hydrogen-bond donors (Lipinski definition) is 2. The summed E-state index contributed by atoms with van der Waals surface area (Å²) >= 11 is 6.04. The summed E-state index contributed by atoms with van der Waals surface area (Å²) in [6.45, 7) is 1.22. The Kier molecular flexibility index (Phi) is 2.85. The molecule has 0 radical (unpaired) electrons. The van der Waals surface area contributed by atoms with Gasteiger partial charge in [0.2, 0.25) is 0 Å². The zero-order valence-electron chi connectivity index (χ0n) is 9.22. The number of benzene rings is 1. The van der Waals surface area contributed by atoms with Crippen LogP contribution in [-0.2, 0) is 11.3 Å². The molecule has 1 unspecified atom stereocenters. The quantitative estimate of drug-likeness (QED) is 0.881. The number of carbonyl (C=O) groups is 1. The molecule has 1 aromatic heterocycles. The molecule has 2 rings (SSSR count). The molecule has 5 heteroatoms. The van der Waals surface area contributed by atoms with Crippen LogP contribution in [0, 0.1) is 0 Å². The van der Waals surface area contributed by atoms with Crippen molar-refractivity contribution in [3.8, 4) is 0 Å². The maximum atomic E-state index is 10.9.